The number of hydrogen-bond acceptors (Lipinski definition) is 1. The maximum atomic E-state index is 12.1. The highest BCUT2D eigenvalue weighted by atomic mass is 19.2. The molecule has 1 heterocycles. The number of pyridine rings is 1. The van der Waals surface area contributed by atoms with Crippen LogP contribution >= 0.6 is 0 Å². The first-order valence-corrected chi connectivity index (χ1v) is 10.5. The number of unbranched alkanes of at least 4 members (excludes halogenated alkanes) is 9. The van der Waals surface area contributed by atoms with E-state index in [1.54, 1.807) is 0 Å². The molecule has 0 saturated heterocycles. The van der Waals surface area contributed by atoms with Gasteiger partial charge in [-0.25, -0.2) is 26.5 Å². The van der Waals surface area contributed by atoms with Crippen LogP contribution in [0.25, 0.3) is 0 Å². The van der Waals surface area contributed by atoms with Gasteiger partial charge in [0.15, 0.2) is 41.5 Å². The number of nitrogens with zero attached hydrogens (tertiary/aromatic N) is 1. The van der Waals surface area contributed by atoms with Gasteiger partial charge in [-0.3, -0.25) is 0 Å². The highest BCUT2D eigenvalue weighted by Gasteiger charge is 2.20. The van der Waals surface area contributed by atoms with E-state index >= 15 is 0 Å². The van der Waals surface area contributed by atoms with Crippen LogP contribution in [0.2, 0.25) is 0 Å². The van der Waals surface area contributed by atoms with Crippen LogP contribution in [0.15, 0.2) is 30.6 Å². The molecule has 0 atom stereocenters. The molecule has 2 nitrogen and oxygen atoms in total. The molecule has 0 aliphatic heterocycles. The van der Waals surface area contributed by atoms with E-state index in [9.17, 15) is 27.1 Å². The molecule has 0 spiro atoms. The van der Waals surface area contributed by atoms with Crippen molar-refractivity contribution < 1.29 is 31.6 Å². The van der Waals surface area contributed by atoms with Gasteiger partial charge in [-0.05, 0) is 12.2 Å². The molecule has 2 rings (SSSR count). The van der Waals surface area contributed by atoms with Crippen molar-refractivity contribution in [2.45, 2.75) is 77.7 Å². The summed E-state index contributed by atoms with van der Waals surface area (Å²) in [7, 11) is 0. The second-order valence-corrected chi connectivity index (χ2v) is 7.19. The first-order valence-electron chi connectivity index (χ1n) is 10.5. The van der Waals surface area contributed by atoms with Crippen LogP contribution in [0.3, 0.4) is 0 Å². The molecule has 0 aliphatic rings. The Bertz CT molecular complexity index is 635. The molecule has 0 aliphatic carbocycles. The van der Waals surface area contributed by atoms with Crippen molar-refractivity contribution in [3.05, 3.63) is 59.7 Å². The van der Waals surface area contributed by atoms with Crippen LogP contribution in [0.4, 0.5) is 22.0 Å². The van der Waals surface area contributed by atoms with E-state index in [0.29, 0.717) is 0 Å². The Morgan fingerprint density at radius 2 is 1.00 bits per heavy atom. The fraction of sp³-hybridized carbons (Fsp3) is 0.522. The van der Waals surface area contributed by atoms with Crippen molar-refractivity contribution >= 4 is 0 Å². The summed E-state index contributed by atoms with van der Waals surface area (Å²) in [5, 5.41) is 10.2. The van der Waals surface area contributed by atoms with Crippen molar-refractivity contribution in [2.24, 2.45) is 0 Å². The predicted octanol–water partition coefficient (Wildman–Crippen LogP) is 6.35. The lowest BCUT2D eigenvalue weighted by atomic mass is 10.1. The molecule has 30 heavy (non-hydrogen) atoms. The van der Waals surface area contributed by atoms with E-state index in [1.165, 1.54) is 70.8 Å². The molecular weight excluding hydrogens is 401 g/mol. The van der Waals surface area contributed by atoms with Gasteiger partial charge in [0.25, 0.3) is 0 Å². The average molecular weight is 431 g/mol. The minimum Gasteiger partial charge on any atom is -0.868 e. The molecule has 1 aromatic heterocycles. The minimum atomic E-state index is -2.33. The Hall–Kier alpha value is -2.18. The molecular formula is C23H30F5NO. The highest BCUT2D eigenvalue weighted by molar-refractivity contribution is 5.26. The number of aryl methyl sites for hydroxylation is 1. The first kappa shape index (κ1) is 25.9. The van der Waals surface area contributed by atoms with Gasteiger partial charge in [0.05, 0.1) is 0 Å². The van der Waals surface area contributed by atoms with Crippen molar-refractivity contribution in [1.29, 1.82) is 0 Å². The van der Waals surface area contributed by atoms with E-state index in [0.717, 1.165) is 0 Å². The molecule has 0 radical (unpaired) electrons. The van der Waals surface area contributed by atoms with Crippen LogP contribution in [-0.4, -0.2) is 0 Å². The minimum absolute atomic E-state index is 1.18. The fourth-order valence-electron chi connectivity index (χ4n) is 2.95. The van der Waals surface area contributed by atoms with E-state index in [1.807, 2.05) is 0 Å². The Kier molecular flexibility index (Phi) is 12.7. The summed E-state index contributed by atoms with van der Waals surface area (Å²) in [6, 6.07) is 6.29. The van der Waals surface area contributed by atoms with Crippen molar-refractivity contribution in [3.63, 3.8) is 0 Å². The average Bonchev–Trinajstić information content (AvgIpc) is 2.77. The van der Waals surface area contributed by atoms with Gasteiger partial charge in [-0.2, -0.15) is 0 Å². The van der Waals surface area contributed by atoms with Crippen LogP contribution in [0.1, 0.15) is 71.1 Å². The van der Waals surface area contributed by atoms with Gasteiger partial charge >= 0.3 is 0 Å². The Balaban J connectivity index is 0.000000325. The van der Waals surface area contributed by atoms with Gasteiger partial charge in [-0.15, -0.1) is 0 Å². The van der Waals surface area contributed by atoms with E-state index in [2.05, 4.69) is 42.1 Å². The smallest absolute Gasteiger partial charge is 0.200 e. The molecule has 7 heteroatoms. The van der Waals surface area contributed by atoms with Gasteiger partial charge in [-0.1, -0.05) is 64.4 Å². The lowest BCUT2D eigenvalue weighted by Gasteiger charge is -2.09. The lowest BCUT2D eigenvalue weighted by molar-refractivity contribution is -0.697. The Morgan fingerprint density at radius 3 is 1.47 bits per heavy atom. The van der Waals surface area contributed by atoms with Crippen LogP contribution in [0, 0.1) is 29.1 Å². The first-order chi connectivity index (χ1) is 14.4. The second kappa shape index (κ2) is 14.7. The monoisotopic (exact) mass is 431 g/mol. The zero-order valence-electron chi connectivity index (χ0n) is 17.4. The summed E-state index contributed by atoms with van der Waals surface area (Å²) in [6.07, 6.45) is 18.5. The second-order valence-electron chi connectivity index (χ2n) is 7.19. The third kappa shape index (κ3) is 9.09. The van der Waals surface area contributed by atoms with Gasteiger partial charge < -0.3 is 5.11 Å². The molecule has 2 aromatic rings. The summed E-state index contributed by atoms with van der Waals surface area (Å²) in [5.74, 6) is -13.6. The molecule has 0 bridgehead atoms. The van der Waals surface area contributed by atoms with Crippen molar-refractivity contribution in [2.75, 3.05) is 0 Å². The van der Waals surface area contributed by atoms with E-state index in [-0.39, 0.29) is 0 Å². The van der Waals surface area contributed by atoms with Crippen LogP contribution in [0.5, 0.6) is 5.75 Å². The summed E-state index contributed by atoms with van der Waals surface area (Å²) in [6.45, 7) is 3.46. The number of hydrogen-bond donors (Lipinski definition) is 0. The number of benzene rings is 1. The van der Waals surface area contributed by atoms with E-state index < -0.39 is 34.8 Å². The zero-order chi connectivity index (χ0) is 22.4. The third-order valence-electron chi connectivity index (χ3n) is 4.72. The summed E-state index contributed by atoms with van der Waals surface area (Å²) < 4.78 is 62.7. The lowest BCUT2D eigenvalue weighted by Crippen LogP contribution is -2.32. The quantitative estimate of drug-likeness (QED) is 0.134. The Morgan fingerprint density at radius 1 is 0.600 bits per heavy atom. The molecule has 0 saturated carbocycles. The molecule has 1 aromatic carbocycles. The molecule has 168 valence electrons. The molecule has 0 amide bonds. The topological polar surface area (TPSA) is 26.9 Å². The summed E-state index contributed by atoms with van der Waals surface area (Å²) >= 11 is 0. The molecule has 0 unspecified atom stereocenters. The maximum absolute atomic E-state index is 12.1. The highest BCUT2D eigenvalue weighted by Crippen LogP contribution is 2.25. The standard InChI is InChI=1S/C17H30N.C6HF5O/c1-2-3-4-5-6-7-8-9-10-12-15-18-16-13-11-14-17-18;7-1-2(8)4(10)6(12)5(11)3(1)9/h11,13-14,16-17H,2-10,12,15H2,1H3;12H/q+1;/p-1. The van der Waals surface area contributed by atoms with Gasteiger partial charge in [0, 0.05) is 18.6 Å². The fourth-order valence-corrected chi connectivity index (χ4v) is 2.95. The third-order valence-corrected chi connectivity index (χ3v) is 4.72. The van der Waals surface area contributed by atoms with Crippen molar-refractivity contribution in [3.8, 4) is 5.75 Å². The predicted molar refractivity (Wildman–Crippen MR) is 104 cm³/mol. The Labute approximate surface area is 175 Å². The van der Waals surface area contributed by atoms with Gasteiger partial charge in [0.2, 0.25) is 0 Å². The SMILES string of the molecule is CCCCCCCCCCCC[n+]1ccccc1.[O-]c1c(F)c(F)c(F)c(F)c1F. The van der Waals surface area contributed by atoms with Crippen LogP contribution in [-0.2, 0) is 6.54 Å². The summed E-state index contributed by atoms with van der Waals surface area (Å²) in [4.78, 5) is 0. The number of aromatic nitrogens is 1. The largest absolute Gasteiger partial charge is 0.868 e. The summed E-state index contributed by atoms with van der Waals surface area (Å²) in [5.41, 5.74) is 0. The van der Waals surface area contributed by atoms with Gasteiger partial charge in [0.1, 0.15) is 6.54 Å². The van der Waals surface area contributed by atoms with Crippen molar-refractivity contribution in [1.82, 2.24) is 0 Å². The zero-order valence-corrected chi connectivity index (χ0v) is 17.4. The number of rotatable bonds is 11. The normalized spacial score (nSPS) is 10.6. The molecule has 0 N–H and O–H groups in total. The maximum Gasteiger partial charge on any atom is 0.200 e. The van der Waals surface area contributed by atoms with E-state index in [4.69, 9.17) is 0 Å². The molecule has 0 fully saturated rings. The number of halogens is 5. The van der Waals surface area contributed by atoms with Crippen LogP contribution < -0.4 is 9.67 Å².